The Morgan fingerprint density at radius 3 is 3.29 bits per heavy atom. The molecule has 1 aliphatic heterocycles. The Labute approximate surface area is 82.9 Å². The third-order valence-electron chi connectivity index (χ3n) is 2.29. The summed E-state index contributed by atoms with van der Waals surface area (Å²) in [6.45, 7) is 3.50. The van der Waals surface area contributed by atoms with Gasteiger partial charge >= 0.3 is 0 Å². The normalized spacial score (nSPS) is 19.6. The molecular formula is C10H14N2O2. The third-order valence-corrected chi connectivity index (χ3v) is 2.29. The van der Waals surface area contributed by atoms with Crippen LogP contribution in [0.15, 0.2) is 22.8 Å². The molecule has 1 aromatic rings. The van der Waals surface area contributed by atoms with Gasteiger partial charge in [-0.25, -0.2) is 0 Å². The van der Waals surface area contributed by atoms with Gasteiger partial charge in [-0.15, -0.1) is 0 Å². The molecule has 1 saturated heterocycles. The van der Waals surface area contributed by atoms with E-state index in [-0.39, 0.29) is 5.78 Å². The van der Waals surface area contributed by atoms with E-state index in [1.807, 2.05) is 12.1 Å². The van der Waals surface area contributed by atoms with E-state index in [0.29, 0.717) is 13.1 Å². The quantitative estimate of drug-likeness (QED) is 0.733. The minimum atomic E-state index is 0.244. The second kappa shape index (κ2) is 4.39. The van der Waals surface area contributed by atoms with Gasteiger partial charge in [0.1, 0.15) is 5.76 Å². The molecular weight excluding hydrogens is 180 g/mol. The van der Waals surface area contributed by atoms with Gasteiger partial charge in [-0.2, -0.15) is 0 Å². The number of rotatable bonds is 2. The smallest absolute Gasteiger partial charge is 0.160 e. The van der Waals surface area contributed by atoms with Gasteiger partial charge in [0.2, 0.25) is 0 Å². The first-order valence-corrected chi connectivity index (χ1v) is 4.82. The van der Waals surface area contributed by atoms with Gasteiger partial charge in [0.05, 0.1) is 25.9 Å². The van der Waals surface area contributed by atoms with Crippen molar-refractivity contribution in [3.8, 4) is 0 Å². The molecule has 0 aromatic carbocycles. The van der Waals surface area contributed by atoms with Crippen LogP contribution in [-0.2, 0) is 11.3 Å². The fraction of sp³-hybridized carbons (Fsp3) is 0.500. The Morgan fingerprint density at radius 1 is 1.57 bits per heavy atom. The second-order valence-electron chi connectivity index (χ2n) is 3.51. The van der Waals surface area contributed by atoms with Crippen molar-refractivity contribution in [3.63, 3.8) is 0 Å². The lowest BCUT2D eigenvalue weighted by Gasteiger charge is -2.16. The Hall–Kier alpha value is -1.13. The zero-order valence-corrected chi connectivity index (χ0v) is 8.03. The third kappa shape index (κ3) is 2.43. The Bertz CT molecular complexity index is 295. The maximum atomic E-state index is 11.3. The molecule has 0 atom stereocenters. The molecule has 2 rings (SSSR count). The van der Waals surface area contributed by atoms with Crippen molar-refractivity contribution < 1.29 is 9.21 Å². The number of hydrogen-bond donors (Lipinski definition) is 1. The number of nitrogens with one attached hydrogen (secondary N) is 1. The highest BCUT2D eigenvalue weighted by atomic mass is 16.3. The summed E-state index contributed by atoms with van der Waals surface area (Å²) in [6, 6.07) is 3.80. The van der Waals surface area contributed by atoms with Crippen LogP contribution in [0.1, 0.15) is 5.76 Å². The molecule has 1 aliphatic rings. The SMILES string of the molecule is O=C1CNCCN(Cc2ccco2)C1. The lowest BCUT2D eigenvalue weighted by Crippen LogP contribution is -2.29. The van der Waals surface area contributed by atoms with Gasteiger partial charge in [-0.1, -0.05) is 0 Å². The van der Waals surface area contributed by atoms with E-state index >= 15 is 0 Å². The predicted molar refractivity (Wildman–Crippen MR) is 51.9 cm³/mol. The molecule has 1 fully saturated rings. The molecule has 14 heavy (non-hydrogen) atoms. The molecule has 0 saturated carbocycles. The molecule has 0 amide bonds. The Kier molecular flexibility index (Phi) is 2.96. The highest BCUT2D eigenvalue weighted by Gasteiger charge is 2.15. The van der Waals surface area contributed by atoms with Gasteiger partial charge in [0, 0.05) is 13.1 Å². The minimum absolute atomic E-state index is 0.244. The van der Waals surface area contributed by atoms with Crippen LogP contribution in [0.4, 0.5) is 0 Å². The van der Waals surface area contributed by atoms with E-state index in [1.165, 1.54) is 0 Å². The number of carbonyl (C=O) groups excluding carboxylic acids is 1. The van der Waals surface area contributed by atoms with Crippen molar-refractivity contribution in [1.82, 2.24) is 10.2 Å². The zero-order valence-electron chi connectivity index (χ0n) is 8.03. The molecule has 2 heterocycles. The van der Waals surface area contributed by atoms with Crippen molar-refractivity contribution >= 4 is 5.78 Å². The van der Waals surface area contributed by atoms with Gasteiger partial charge in [-0.05, 0) is 12.1 Å². The Balaban J connectivity index is 1.93. The average molecular weight is 194 g/mol. The Morgan fingerprint density at radius 2 is 2.50 bits per heavy atom. The van der Waals surface area contributed by atoms with Crippen LogP contribution >= 0.6 is 0 Å². The summed E-state index contributed by atoms with van der Waals surface area (Å²) in [5, 5.41) is 3.08. The molecule has 0 bridgehead atoms. The zero-order chi connectivity index (χ0) is 9.80. The summed E-state index contributed by atoms with van der Waals surface area (Å²) in [6.07, 6.45) is 1.66. The summed E-state index contributed by atoms with van der Waals surface area (Å²) in [7, 11) is 0. The lowest BCUT2D eigenvalue weighted by molar-refractivity contribution is -0.118. The van der Waals surface area contributed by atoms with Crippen molar-refractivity contribution in [2.75, 3.05) is 26.2 Å². The standard InChI is InChI=1S/C10H14N2O2/c13-9-6-11-3-4-12(7-9)8-10-2-1-5-14-10/h1-2,5,11H,3-4,6-8H2. The highest BCUT2D eigenvalue weighted by Crippen LogP contribution is 2.05. The largest absolute Gasteiger partial charge is 0.468 e. The van der Waals surface area contributed by atoms with Crippen LogP contribution in [0.25, 0.3) is 0 Å². The lowest BCUT2D eigenvalue weighted by atomic mass is 10.3. The fourth-order valence-corrected chi connectivity index (χ4v) is 1.61. The molecule has 1 N–H and O–H groups in total. The van der Waals surface area contributed by atoms with Crippen LogP contribution in [0.3, 0.4) is 0 Å². The molecule has 4 heteroatoms. The molecule has 4 nitrogen and oxygen atoms in total. The molecule has 0 spiro atoms. The van der Waals surface area contributed by atoms with Gasteiger partial charge in [0.25, 0.3) is 0 Å². The number of furan rings is 1. The van der Waals surface area contributed by atoms with Crippen LogP contribution < -0.4 is 5.32 Å². The van der Waals surface area contributed by atoms with Crippen molar-refractivity contribution in [2.45, 2.75) is 6.54 Å². The predicted octanol–water partition coefficient (Wildman–Crippen LogP) is 0.254. The maximum Gasteiger partial charge on any atom is 0.160 e. The fourth-order valence-electron chi connectivity index (χ4n) is 1.61. The summed E-state index contributed by atoms with van der Waals surface area (Å²) >= 11 is 0. The number of carbonyl (C=O) groups is 1. The van der Waals surface area contributed by atoms with E-state index in [9.17, 15) is 4.79 Å². The number of nitrogens with zero attached hydrogens (tertiary/aromatic N) is 1. The molecule has 1 aromatic heterocycles. The first kappa shape index (κ1) is 9.43. The molecule has 0 aliphatic carbocycles. The first-order valence-electron chi connectivity index (χ1n) is 4.82. The molecule has 76 valence electrons. The highest BCUT2D eigenvalue weighted by molar-refractivity contribution is 5.82. The summed E-state index contributed by atoms with van der Waals surface area (Å²) in [4.78, 5) is 13.4. The van der Waals surface area contributed by atoms with E-state index in [2.05, 4.69) is 10.2 Å². The van der Waals surface area contributed by atoms with Gasteiger partial charge in [0.15, 0.2) is 5.78 Å². The molecule has 0 radical (unpaired) electrons. The minimum Gasteiger partial charge on any atom is -0.468 e. The second-order valence-corrected chi connectivity index (χ2v) is 3.51. The van der Waals surface area contributed by atoms with Crippen LogP contribution in [0.2, 0.25) is 0 Å². The number of hydrogen-bond acceptors (Lipinski definition) is 4. The van der Waals surface area contributed by atoms with Crippen LogP contribution in [0, 0.1) is 0 Å². The number of ketones is 1. The average Bonchev–Trinajstić information content (AvgIpc) is 2.56. The van der Waals surface area contributed by atoms with E-state index in [0.717, 1.165) is 25.4 Å². The summed E-state index contributed by atoms with van der Waals surface area (Å²) in [5.74, 6) is 1.16. The topological polar surface area (TPSA) is 45.5 Å². The van der Waals surface area contributed by atoms with E-state index in [1.54, 1.807) is 6.26 Å². The van der Waals surface area contributed by atoms with Crippen LogP contribution in [-0.4, -0.2) is 36.9 Å². The van der Waals surface area contributed by atoms with E-state index in [4.69, 9.17) is 4.42 Å². The molecule has 0 unspecified atom stereocenters. The summed E-state index contributed by atoms with van der Waals surface area (Å²) < 4.78 is 5.24. The van der Waals surface area contributed by atoms with Crippen molar-refractivity contribution in [2.24, 2.45) is 0 Å². The number of Topliss-reactive ketones (excluding diaryl/α,β-unsaturated/α-hetero) is 1. The van der Waals surface area contributed by atoms with Gasteiger partial charge in [-0.3, -0.25) is 9.69 Å². The van der Waals surface area contributed by atoms with Gasteiger partial charge < -0.3 is 9.73 Å². The monoisotopic (exact) mass is 194 g/mol. The first-order chi connectivity index (χ1) is 6.84. The van der Waals surface area contributed by atoms with E-state index < -0.39 is 0 Å². The van der Waals surface area contributed by atoms with Crippen molar-refractivity contribution in [3.05, 3.63) is 24.2 Å². The summed E-state index contributed by atoms with van der Waals surface area (Å²) in [5.41, 5.74) is 0. The van der Waals surface area contributed by atoms with Crippen LogP contribution in [0.5, 0.6) is 0 Å². The maximum absolute atomic E-state index is 11.3. The van der Waals surface area contributed by atoms with Crippen molar-refractivity contribution in [1.29, 1.82) is 0 Å².